The summed E-state index contributed by atoms with van der Waals surface area (Å²) in [4.78, 5) is 2.12. The van der Waals surface area contributed by atoms with Crippen LogP contribution < -0.4 is 21.5 Å². The molecule has 1 aromatic carbocycles. The Kier molecular flexibility index (Phi) is 5.32. The molecule has 1 aromatic rings. The largest absolute Gasteiger partial charge is 0.496 e. The molecule has 22 heavy (non-hydrogen) atoms. The van der Waals surface area contributed by atoms with Gasteiger partial charge >= 0.3 is 0 Å². The highest BCUT2D eigenvalue weighted by Crippen LogP contribution is 2.34. The number of hydrogen-bond donors (Lipinski definition) is 3. The predicted molar refractivity (Wildman–Crippen MR) is 90.5 cm³/mol. The Bertz CT molecular complexity index is 612. The third kappa shape index (κ3) is 3.54. The Morgan fingerprint density at radius 3 is 2.86 bits per heavy atom. The molecule has 5 nitrogen and oxygen atoms in total. The van der Waals surface area contributed by atoms with Crippen molar-refractivity contribution in [2.45, 2.75) is 13.0 Å². The molecule has 0 fully saturated rings. The van der Waals surface area contributed by atoms with E-state index >= 15 is 0 Å². The lowest BCUT2D eigenvalue weighted by Gasteiger charge is -2.37. The first-order chi connectivity index (χ1) is 10.4. The quantitative estimate of drug-likeness (QED) is 0.733. The molecule has 1 unspecified atom stereocenters. The summed E-state index contributed by atoms with van der Waals surface area (Å²) in [6, 6.07) is 5.55. The van der Waals surface area contributed by atoms with E-state index in [4.69, 9.17) is 39.4 Å². The number of nitrogens with zero attached hydrogens (tertiary/aromatic N) is 1. The number of nitrogens with two attached hydrogens (primary N) is 2. The summed E-state index contributed by atoms with van der Waals surface area (Å²) in [5.74, 6) is 1.32. The van der Waals surface area contributed by atoms with E-state index in [1.54, 1.807) is 19.3 Å². The third-order valence-corrected chi connectivity index (χ3v) is 3.98. The van der Waals surface area contributed by atoms with Crippen LogP contribution >= 0.6 is 23.2 Å². The molecule has 1 atom stereocenters. The normalized spacial score (nSPS) is 17.3. The van der Waals surface area contributed by atoms with Crippen LogP contribution in [0.3, 0.4) is 0 Å². The zero-order chi connectivity index (χ0) is 16.3. The number of allylic oxidation sites excluding steroid dienone is 1. The van der Waals surface area contributed by atoms with Gasteiger partial charge in [-0.15, -0.1) is 0 Å². The number of rotatable bonds is 4. The maximum absolute atomic E-state index is 6.13. The molecule has 0 radical (unpaired) electrons. The minimum Gasteiger partial charge on any atom is -0.496 e. The number of methoxy groups -OCH3 is 1. The van der Waals surface area contributed by atoms with Crippen molar-refractivity contribution in [1.29, 1.82) is 0 Å². The molecule has 0 saturated carbocycles. The van der Waals surface area contributed by atoms with Gasteiger partial charge in [-0.05, 0) is 31.2 Å². The first-order valence-electron chi connectivity index (χ1n) is 6.90. The lowest BCUT2D eigenvalue weighted by molar-refractivity contribution is 0.255. The van der Waals surface area contributed by atoms with Gasteiger partial charge in [0.05, 0.1) is 18.8 Å². The summed E-state index contributed by atoms with van der Waals surface area (Å²) in [6.45, 7) is 3.55. The summed E-state index contributed by atoms with van der Waals surface area (Å²) < 4.78 is 5.44. The second-order valence-electron chi connectivity index (χ2n) is 5.01. The fraction of sp³-hybridized carbons (Fsp3) is 0.333. The molecule has 0 aliphatic carbocycles. The van der Waals surface area contributed by atoms with Crippen LogP contribution in [-0.2, 0) is 0 Å². The molecule has 1 heterocycles. The molecule has 120 valence electrons. The average molecular weight is 343 g/mol. The van der Waals surface area contributed by atoms with E-state index < -0.39 is 0 Å². The van der Waals surface area contributed by atoms with Crippen molar-refractivity contribution in [2.24, 2.45) is 11.5 Å². The van der Waals surface area contributed by atoms with Gasteiger partial charge in [0.25, 0.3) is 0 Å². The smallest absolute Gasteiger partial charge is 0.124 e. The molecule has 5 N–H and O–H groups in total. The summed E-state index contributed by atoms with van der Waals surface area (Å²) in [6.07, 6.45) is 1.65. The van der Waals surface area contributed by atoms with Gasteiger partial charge in [0.15, 0.2) is 0 Å². The van der Waals surface area contributed by atoms with Gasteiger partial charge in [0.1, 0.15) is 16.7 Å². The van der Waals surface area contributed by atoms with Gasteiger partial charge in [-0.2, -0.15) is 0 Å². The summed E-state index contributed by atoms with van der Waals surface area (Å²) in [5, 5.41) is 3.95. The van der Waals surface area contributed by atoms with Crippen molar-refractivity contribution < 1.29 is 4.74 Å². The average Bonchev–Trinajstić information content (AvgIpc) is 2.48. The van der Waals surface area contributed by atoms with Gasteiger partial charge in [0, 0.05) is 23.7 Å². The number of nitrogens with one attached hydrogen (secondary N) is 1. The highest BCUT2D eigenvalue weighted by molar-refractivity contribution is 6.30. The molecular formula is C15H20Cl2N4O. The van der Waals surface area contributed by atoms with Gasteiger partial charge < -0.3 is 26.4 Å². The van der Waals surface area contributed by atoms with Crippen molar-refractivity contribution in [3.05, 3.63) is 51.5 Å². The van der Waals surface area contributed by atoms with E-state index in [1.807, 2.05) is 12.1 Å². The highest BCUT2D eigenvalue weighted by atomic mass is 35.5. The van der Waals surface area contributed by atoms with Crippen molar-refractivity contribution in [2.75, 3.05) is 20.2 Å². The van der Waals surface area contributed by atoms with Crippen LogP contribution in [0, 0.1) is 0 Å². The van der Waals surface area contributed by atoms with Crippen molar-refractivity contribution >= 4 is 23.2 Å². The van der Waals surface area contributed by atoms with Crippen LogP contribution in [0.2, 0.25) is 5.02 Å². The molecule has 0 saturated heterocycles. The van der Waals surface area contributed by atoms with Crippen molar-refractivity contribution in [3.8, 4) is 5.75 Å². The topological polar surface area (TPSA) is 76.5 Å². The molecule has 2 rings (SSSR count). The lowest BCUT2D eigenvalue weighted by Crippen LogP contribution is -2.42. The van der Waals surface area contributed by atoms with Crippen LogP contribution in [0.5, 0.6) is 5.75 Å². The number of benzene rings is 1. The first kappa shape index (κ1) is 16.6. The van der Waals surface area contributed by atoms with Gasteiger partial charge in [-0.3, -0.25) is 0 Å². The monoisotopic (exact) mass is 342 g/mol. The van der Waals surface area contributed by atoms with E-state index in [-0.39, 0.29) is 11.2 Å². The molecule has 1 aliphatic heterocycles. The highest BCUT2D eigenvalue weighted by Gasteiger charge is 2.25. The Morgan fingerprint density at radius 2 is 2.23 bits per heavy atom. The molecule has 1 aliphatic rings. The zero-order valence-corrected chi connectivity index (χ0v) is 14.1. The van der Waals surface area contributed by atoms with E-state index in [2.05, 4.69) is 17.1 Å². The Hall–Kier alpha value is -1.72. The van der Waals surface area contributed by atoms with Gasteiger partial charge in [-0.25, -0.2) is 0 Å². The molecule has 0 amide bonds. The number of ether oxygens (including phenoxy) is 1. The van der Waals surface area contributed by atoms with Crippen LogP contribution in [-0.4, -0.2) is 25.1 Å². The molecule has 0 bridgehead atoms. The third-order valence-electron chi connectivity index (χ3n) is 3.64. The molecule has 0 spiro atoms. The van der Waals surface area contributed by atoms with E-state index in [1.165, 1.54) is 0 Å². The Balaban J connectivity index is 2.43. The fourth-order valence-corrected chi connectivity index (χ4v) is 2.85. The Morgan fingerprint density at radius 1 is 1.50 bits per heavy atom. The second-order valence-corrected chi connectivity index (χ2v) is 5.88. The minimum atomic E-state index is -0.00318. The van der Waals surface area contributed by atoms with Gasteiger partial charge in [0.2, 0.25) is 0 Å². The Labute approximate surface area is 140 Å². The number of halogens is 2. The maximum atomic E-state index is 6.13. The summed E-state index contributed by atoms with van der Waals surface area (Å²) >= 11 is 12.0. The minimum absolute atomic E-state index is 0.00318. The van der Waals surface area contributed by atoms with Crippen LogP contribution in [0.1, 0.15) is 18.5 Å². The SMILES string of the molecule is COc1ccc(Cl)cc1C(C)N1CCNC(N)=C1/C=C(\N)Cl. The van der Waals surface area contributed by atoms with E-state index in [0.717, 1.165) is 30.1 Å². The summed E-state index contributed by atoms with van der Waals surface area (Å²) in [7, 11) is 1.64. The zero-order valence-electron chi connectivity index (χ0n) is 12.6. The first-order valence-corrected chi connectivity index (χ1v) is 7.66. The molecule has 0 aromatic heterocycles. The van der Waals surface area contributed by atoms with Crippen LogP contribution in [0.4, 0.5) is 0 Å². The maximum Gasteiger partial charge on any atom is 0.124 e. The number of hydrogen-bond acceptors (Lipinski definition) is 5. The van der Waals surface area contributed by atoms with E-state index in [0.29, 0.717) is 10.8 Å². The second kappa shape index (κ2) is 7.03. The molecular weight excluding hydrogens is 323 g/mol. The summed E-state index contributed by atoms with van der Waals surface area (Å²) in [5.41, 5.74) is 13.4. The predicted octanol–water partition coefficient (Wildman–Crippen LogP) is 2.48. The standard InChI is InChI=1S/C15H20Cl2N4O/c1-9(11-7-10(16)3-4-13(11)22-2)21-6-5-20-15(19)12(21)8-14(17)18/h3-4,7-9,20H,5-6,18-19H2,1-2H3/b14-8-. The van der Waals surface area contributed by atoms with Crippen LogP contribution in [0.15, 0.2) is 40.9 Å². The van der Waals surface area contributed by atoms with Gasteiger partial charge in [-0.1, -0.05) is 23.2 Å². The fourth-order valence-electron chi connectivity index (χ4n) is 2.57. The van der Waals surface area contributed by atoms with Crippen LogP contribution in [0.25, 0.3) is 0 Å². The molecule has 7 heteroatoms. The van der Waals surface area contributed by atoms with Crippen molar-refractivity contribution in [1.82, 2.24) is 10.2 Å². The van der Waals surface area contributed by atoms with Crippen molar-refractivity contribution in [3.63, 3.8) is 0 Å². The lowest BCUT2D eigenvalue weighted by atomic mass is 10.0. The van der Waals surface area contributed by atoms with E-state index in [9.17, 15) is 0 Å².